The lowest BCUT2D eigenvalue weighted by atomic mass is 9.48. The van der Waals surface area contributed by atoms with Gasteiger partial charge in [-0.1, -0.05) is 6.07 Å². The number of alkyl halides is 1. The van der Waals surface area contributed by atoms with E-state index in [0.717, 1.165) is 12.8 Å². The number of nitrogens with two attached hydrogens (primary N) is 1. The molecule has 2 aliphatic carbocycles. The summed E-state index contributed by atoms with van der Waals surface area (Å²) in [5.41, 5.74) is 3.91. The monoisotopic (exact) mass is 289 g/mol. The molecule has 0 radical (unpaired) electrons. The van der Waals surface area contributed by atoms with Gasteiger partial charge in [-0.25, -0.2) is 9.49 Å². The number of halogens is 1. The third-order valence-electron chi connectivity index (χ3n) is 4.92. The van der Waals surface area contributed by atoms with Gasteiger partial charge in [0, 0.05) is 6.04 Å². The number of aromatic nitrogens is 2. The molecule has 0 bridgehead atoms. The minimum absolute atomic E-state index is 0.0112. The van der Waals surface area contributed by atoms with E-state index in [2.05, 4.69) is 10.2 Å². The number of benzene rings is 1. The normalized spacial score (nSPS) is 34.7. The number of rotatable bonds is 1. The molecule has 6 heteroatoms. The van der Waals surface area contributed by atoms with E-state index >= 15 is 4.39 Å². The zero-order valence-electron chi connectivity index (χ0n) is 11.4. The predicted molar refractivity (Wildman–Crippen MR) is 75.7 cm³/mol. The van der Waals surface area contributed by atoms with E-state index in [0.29, 0.717) is 12.8 Å². The molecule has 0 unspecified atom stereocenters. The molecule has 1 aromatic carbocycles. The summed E-state index contributed by atoms with van der Waals surface area (Å²) in [6.45, 7) is 0. The molecular weight excluding hydrogens is 273 g/mol. The van der Waals surface area contributed by atoms with Crippen molar-refractivity contribution in [2.24, 2.45) is 11.1 Å². The highest BCUT2D eigenvalue weighted by atomic mass is 19.1. The highest BCUT2D eigenvalue weighted by Gasteiger charge is 2.62. The Labute approximate surface area is 120 Å². The molecule has 21 heavy (non-hydrogen) atoms. The number of phenols is 1. The Morgan fingerprint density at radius 1 is 1.38 bits per heavy atom. The number of aromatic hydroxyl groups is 1. The first-order chi connectivity index (χ1) is 9.92. The number of fused-ring (bicyclic) bond motifs is 1. The SMILES string of the molecule is NC1CC2(C1)CC(F)(c1n[nH]c(=O)c3cccc(O)c13)C2. The second kappa shape index (κ2) is 3.82. The van der Waals surface area contributed by atoms with Crippen LogP contribution < -0.4 is 11.3 Å². The quantitative estimate of drug-likeness (QED) is 0.745. The van der Waals surface area contributed by atoms with E-state index < -0.39 is 11.2 Å². The van der Waals surface area contributed by atoms with Crippen LogP contribution in [0.2, 0.25) is 0 Å². The van der Waals surface area contributed by atoms with Crippen LogP contribution in [-0.4, -0.2) is 21.3 Å². The average molecular weight is 289 g/mol. The summed E-state index contributed by atoms with van der Waals surface area (Å²) in [6, 6.07) is 4.75. The fraction of sp³-hybridized carbons (Fsp3) is 0.467. The smallest absolute Gasteiger partial charge is 0.272 e. The second-order valence-electron chi connectivity index (χ2n) is 6.59. The lowest BCUT2D eigenvalue weighted by Crippen LogP contribution is -2.58. The Balaban J connectivity index is 1.82. The topological polar surface area (TPSA) is 92.0 Å². The van der Waals surface area contributed by atoms with Gasteiger partial charge in [0.25, 0.3) is 5.56 Å². The molecule has 0 atom stereocenters. The Morgan fingerprint density at radius 3 is 2.76 bits per heavy atom. The summed E-state index contributed by atoms with van der Waals surface area (Å²) in [6.07, 6.45) is 2.39. The molecule has 5 nitrogen and oxygen atoms in total. The molecule has 2 aromatic rings. The number of aromatic amines is 1. The average Bonchev–Trinajstić information content (AvgIpc) is 2.36. The summed E-state index contributed by atoms with van der Waals surface area (Å²) in [4.78, 5) is 11.8. The molecule has 0 aliphatic heterocycles. The number of nitrogens with one attached hydrogen (secondary N) is 1. The van der Waals surface area contributed by atoms with Crippen molar-refractivity contribution in [3.63, 3.8) is 0 Å². The molecule has 1 aromatic heterocycles. The zero-order chi connectivity index (χ0) is 14.8. The van der Waals surface area contributed by atoms with Crippen molar-refractivity contribution in [2.75, 3.05) is 0 Å². The summed E-state index contributed by atoms with van der Waals surface area (Å²) in [5, 5.41) is 16.8. The van der Waals surface area contributed by atoms with Gasteiger partial charge < -0.3 is 10.8 Å². The van der Waals surface area contributed by atoms with Crippen LogP contribution >= 0.6 is 0 Å². The molecule has 2 aliphatic rings. The van der Waals surface area contributed by atoms with Crippen molar-refractivity contribution in [3.05, 3.63) is 34.2 Å². The minimum Gasteiger partial charge on any atom is -0.507 e. The summed E-state index contributed by atoms with van der Waals surface area (Å²) in [5.74, 6) is -0.107. The largest absolute Gasteiger partial charge is 0.507 e. The van der Waals surface area contributed by atoms with E-state index in [1.165, 1.54) is 6.07 Å². The van der Waals surface area contributed by atoms with Crippen molar-refractivity contribution in [1.82, 2.24) is 10.2 Å². The fourth-order valence-corrected chi connectivity index (χ4v) is 4.17. The van der Waals surface area contributed by atoms with Crippen LogP contribution in [0.3, 0.4) is 0 Å². The lowest BCUT2D eigenvalue weighted by molar-refractivity contribution is -0.129. The van der Waals surface area contributed by atoms with Crippen LogP contribution in [0.5, 0.6) is 5.75 Å². The van der Waals surface area contributed by atoms with Crippen molar-refractivity contribution >= 4 is 10.8 Å². The van der Waals surface area contributed by atoms with Gasteiger partial charge in [-0.3, -0.25) is 4.79 Å². The van der Waals surface area contributed by atoms with E-state index in [1.807, 2.05) is 0 Å². The molecule has 110 valence electrons. The Bertz CT molecular complexity index is 787. The van der Waals surface area contributed by atoms with Crippen LogP contribution in [0, 0.1) is 5.41 Å². The molecule has 0 amide bonds. The van der Waals surface area contributed by atoms with E-state index in [1.54, 1.807) is 12.1 Å². The lowest BCUT2D eigenvalue weighted by Gasteiger charge is -2.59. The number of nitrogens with zero attached hydrogens (tertiary/aromatic N) is 1. The molecule has 0 saturated heterocycles. The molecule has 1 heterocycles. The third-order valence-corrected chi connectivity index (χ3v) is 4.92. The Hall–Kier alpha value is -1.95. The van der Waals surface area contributed by atoms with Gasteiger partial charge >= 0.3 is 0 Å². The molecule has 4 N–H and O–H groups in total. The van der Waals surface area contributed by atoms with Gasteiger partial charge in [0.05, 0.1) is 10.8 Å². The molecule has 4 rings (SSSR count). The van der Waals surface area contributed by atoms with Gasteiger partial charge in [0.15, 0.2) is 5.67 Å². The minimum atomic E-state index is -1.60. The molecule has 1 spiro atoms. The maximum Gasteiger partial charge on any atom is 0.272 e. The van der Waals surface area contributed by atoms with Gasteiger partial charge in [0.1, 0.15) is 11.4 Å². The van der Waals surface area contributed by atoms with Gasteiger partial charge in [-0.05, 0) is 43.2 Å². The summed E-state index contributed by atoms with van der Waals surface area (Å²) >= 11 is 0. The van der Waals surface area contributed by atoms with E-state index in [4.69, 9.17) is 5.73 Å². The van der Waals surface area contributed by atoms with Crippen molar-refractivity contribution in [3.8, 4) is 5.75 Å². The van der Waals surface area contributed by atoms with Gasteiger partial charge in [0.2, 0.25) is 0 Å². The summed E-state index contributed by atoms with van der Waals surface area (Å²) in [7, 11) is 0. The number of hydrogen-bond donors (Lipinski definition) is 3. The Morgan fingerprint density at radius 2 is 2.10 bits per heavy atom. The zero-order valence-corrected chi connectivity index (χ0v) is 11.4. The molecule has 2 fully saturated rings. The first-order valence-corrected chi connectivity index (χ1v) is 7.08. The van der Waals surface area contributed by atoms with Crippen LogP contribution in [0.1, 0.15) is 31.4 Å². The maximum absolute atomic E-state index is 15.2. The van der Waals surface area contributed by atoms with Gasteiger partial charge in [-0.2, -0.15) is 5.10 Å². The predicted octanol–water partition coefficient (Wildman–Crippen LogP) is 1.69. The second-order valence-corrected chi connectivity index (χ2v) is 6.59. The van der Waals surface area contributed by atoms with E-state index in [9.17, 15) is 9.90 Å². The van der Waals surface area contributed by atoms with Gasteiger partial charge in [-0.15, -0.1) is 0 Å². The van der Waals surface area contributed by atoms with E-state index in [-0.39, 0.29) is 33.7 Å². The standard InChI is InChI=1S/C15H16FN3O2/c16-15(6-14(7-15)4-8(17)5-14)12-11-9(13(21)19-18-12)2-1-3-10(11)20/h1-3,8,20H,4-7,17H2,(H,19,21). The van der Waals surface area contributed by atoms with Crippen molar-refractivity contribution < 1.29 is 9.50 Å². The van der Waals surface area contributed by atoms with Crippen LogP contribution in [-0.2, 0) is 5.67 Å². The van der Waals surface area contributed by atoms with Crippen LogP contribution in [0.4, 0.5) is 4.39 Å². The first kappa shape index (κ1) is 12.8. The van der Waals surface area contributed by atoms with Crippen molar-refractivity contribution in [1.29, 1.82) is 0 Å². The highest BCUT2D eigenvalue weighted by Crippen LogP contribution is 2.65. The summed E-state index contributed by atoms with van der Waals surface area (Å²) < 4.78 is 15.2. The Kier molecular flexibility index (Phi) is 2.32. The van der Waals surface area contributed by atoms with Crippen LogP contribution in [0.15, 0.2) is 23.0 Å². The highest BCUT2D eigenvalue weighted by molar-refractivity contribution is 5.89. The van der Waals surface area contributed by atoms with Crippen molar-refractivity contribution in [2.45, 2.75) is 37.4 Å². The number of phenolic OH excluding ortho intramolecular Hbond substituents is 1. The number of hydrogen-bond acceptors (Lipinski definition) is 4. The molecular formula is C15H16FN3O2. The number of H-pyrrole nitrogens is 1. The third kappa shape index (κ3) is 1.65. The first-order valence-electron chi connectivity index (χ1n) is 7.08. The fourth-order valence-electron chi connectivity index (χ4n) is 4.17. The maximum atomic E-state index is 15.2. The molecule has 2 saturated carbocycles. The van der Waals surface area contributed by atoms with Crippen LogP contribution in [0.25, 0.3) is 10.8 Å².